The second-order valence-corrected chi connectivity index (χ2v) is 27.2. The number of rotatable bonds is 64. The van der Waals surface area contributed by atoms with Crippen molar-refractivity contribution in [1.29, 1.82) is 0 Å². The molecule has 15 nitrogen and oxygen atoms in total. The number of carbonyl (C=O) groups is 4. The number of nitrogen functional groups attached to an aromatic ring is 1. The monoisotopic (exact) mass is 1330 g/mol. The van der Waals surface area contributed by atoms with Gasteiger partial charge in [-0.15, -0.1) is 0 Å². The Labute approximate surface area is 577 Å². The number of allylic oxidation sites excluding steroid dienone is 3. The van der Waals surface area contributed by atoms with E-state index in [2.05, 4.69) is 58.4 Å². The Bertz CT molecular complexity index is 2470. The SMILES string of the molecule is CCCCCC/C=C\COC(=O)CCCCCCCCN(CCCCCCCCC(=O)OC/C=C\CCCCCC)CCCN(CCCCCCCCC(=O)OC/C=C\CCCCCC)CCCCCC(=O)OC(C)(C)Cn1c(COCC)nc2c(N)nc3ccccc3c21. The van der Waals surface area contributed by atoms with E-state index in [-0.39, 0.29) is 23.9 Å². The summed E-state index contributed by atoms with van der Waals surface area (Å²) in [6, 6.07) is 7.92. The Morgan fingerprint density at radius 2 is 0.821 bits per heavy atom. The molecule has 0 unspecified atom stereocenters. The number of benzene rings is 1. The van der Waals surface area contributed by atoms with Crippen molar-refractivity contribution in [2.24, 2.45) is 0 Å². The number of para-hydroxylation sites is 1. The second-order valence-electron chi connectivity index (χ2n) is 27.2. The van der Waals surface area contributed by atoms with Gasteiger partial charge in [0.15, 0.2) is 5.82 Å². The molecule has 3 aromatic rings. The van der Waals surface area contributed by atoms with Crippen LogP contribution in [0.2, 0.25) is 0 Å². The maximum absolute atomic E-state index is 13.6. The first-order chi connectivity index (χ1) is 46.4. The Hall–Kier alpha value is -5.12. The molecule has 0 spiro atoms. The molecule has 0 aliphatic carbocycles. The van der Waals surface area contributed by atoms with Gasteiger partial charge in [-0.3, -0.25) is 19.2 Å². The van der Waals surface area contributed by atoms with Gasteiger partial charge < -0.3 is 43.8 Å². The van der Waals surface area contributed by atoms with Crippen LogP contribution in [-0.2, 0) is 56.0 Å². The fourth-order valence-corrected chi connectivity index (χ4v) is 12.3. The molecule has 0 atom stereocenters. The fourth-order valence-electron chi connectivity index (χ4n) is 12.3. The molecule has 0 aliphatic rings. The molecule has 0 bridgehead atoms. The Kier molecular flexibility index (Phi) is 50.3. The maximum atomic E-state index is 13.6. The molecule has 0 radical (unpaired) electrons. The number of pyridine rings is 1. The van der Waals surface area contributed by atoms with Crippen LogP contribution in [0, 0.1) is 0 Å². The number of imidazole rings is 1. The molecule has 1 aromatic carbocycles. The number of esters is 4. The van der Waals surface area contributed by atoms with Crippen molar-refractivity contribution >= 4 is 51.6 Å². The van der Waals surface area contributed by atoms with Gasteiger partial charge in [-0.2, -0.15) is 0 Å². The molecule has 95 heavy (non-hydrogen) atoms. The van der Waals surface area contributed by atoms with Gasteiger partial charge in [-0.1, -0.05) is 217 Å². The smallest absolute Gasteiger partial charge is 0.306 e. The maximum Gasteiger partial charge on any atom is 0.306 e. The molecule has 3 rings (SSSR count). The lowest BCUT2D eigenvalue weighted by atomic mass is 10.1. The van der Waals surface area contributed by atoms with Crippen molar-refractivity contribution in [3.63, 3.8) is 0 Å². The Balaban J connectivity index is 1.54. The number of carbonyl (C=O) groups excluding carboxylic acids is 4. The minimum atomic E-state index is -0.821. The molecule has 0 amide bonds. The number of nitrogens with zero attached hydrogens (tertiary/aromatic N) is 5. The largest absolute Gasteiger partial charge is 0.461 e. The van der Waals surface area contributed by atoms with Gasteiger partial charge >= 0.3 is 23.9 Å². The number of hydrogen-bond donors (Lipinski definition) is 1. The Morgan fingerprint density at radius 1 is 0.453 bits per heavy atom. The molecule has 2 N–H and O–H groups in total. The summed E-state index contributed by atoms with van der Waals surface area (Å²) in [6.45, 7) is 21.3. The van der Waals surface area contributed by atoms with Crippen LogP contribution in [0.4, 0.5) is 5.82 Å². The molecule has 0 saturated heterocycles. The van der Waals surface area contributed by atoms with E-state index in [4.69, 9.17) is 34.4 Å². The van der Waals surface area contributed by atoms with Crippen molar-refractivity contribution in [2.45, 2.75) is 324 Å². The normalized spacial score (nSPS) is 12.1. The second kappa shape index (κ2) is 56.9. The molecule has 0 saturated carbocycles. The molecule has 15 heteroatoms. The zero-order valence-corrected chi connectivity index (χ0v) is 61.2. The standard InChI is InChI=1S/C80H136N6O9/c1-7-11-14-17-26-35-49-65-92-73(87)55-39-29-20-23-32-45-59-84(60-46-33-24-21-30-40-56-74(88)93-66-50-36-27-18-15-12-8-2)63-52-64-85(61-47-34-25-22-31-41-57-75(89)94-67-51-37-28-19-16-13-9-3)62-48-38-42-58-76(90)95-80(5,6)69-86-72(68-91-10-4)83-77-78(86)70-53-43-44-54-71(70)82-79(77)81/h35-37,43-44,49-51,53-54H,7-34,38-42,45-48,52,55-69H2,1-6H3,(H2,81,82)/b49-35-,50-36-,51-37-. The van der Waals surface area contributed by atoms with Crippen LogP contribution in [-0.4, -0.2) is 120 Å². The highest BCUT2D eigenvalue weighted by Crippen LogP contribution is 2.31. The van der Waals surface area contributed by atoms with E-state index in [9.17, 15) is 19.2 Å². The van der Waals surface area contributed by atoms with E-state index in [1.807, 2.05) is 63.3 Å². The third kappa shape index (κ3) is 43.0. The van der Waals surface area contributed by atoms with E-state index < -0.39 is 5.60 Å². The van der Waals surface area contributed by atoms with Crippen LogP contribution in [0.1, 0.15) is 311 Å². The number of anilines is 1. The molecule has 2 heterocycles. The molecular formula is C80H136N6O9. The van der Waals surface area contributed by atoms with Crippen LogP contribution >= 0.6 is 0 Å². The molecule has 2 aromatic heterocycles. The van der Waals surface area contributed by atoms with Gasteiger partial charge in [0.05, 0.1) is 17.6 Å². The van der Waals surface area contributed by atoms with Crippen LogP contribution < -0.4 is 5.73 Å². The lowest BCUT2D eigenvalue weighted by molar-refractivity contribution is -0.158. The van der Waals surface area contributed by atoms with Gasteiger partial charge in [0.25, 0.3) is 0 Å². The molecule has 540 valence electrons. The zero-order chi connectivity index (χ0) is 68.5. The summed E-state index contributed by atoms with van der Waals surface area (Å²) in [5.74, 6) is 0.628. The molecule has 0 aliphatic heterocycles. The average Bonchev–Trinajstić information content (AvgIpc) is 1.63. The van der Waals surface area contributed by atoms with Crippen molar-refractivity contribution in [3.05, 3.63) is 66.5 Å². The van der Waals surface area contributed by atoms with E-state index >= 15 is 0 Å². The number of nitrogens with two attached hydrogens (primary N) is 1. The first kappa shape index (κ1) is 84.1. The lowest BCUT2D eigenvalue weighted by Crippen LogP contribution is -2.34. The van der Waals surface area contributed by atoms with Gasteiger partial charge in [-0.25, -0.2) is 9.97 Å². The summed E-state index contributed by atoms with van der Waals surface area (Å²) in [4.78, 5) is 65.6. The number of ether oxygens (including phenoxy) is 5. The van der Waals surface area contributed by atoms with E-state index in [1.54, 1.807) is 0 Å². The zero-order valence-electron chi connectivity index (χ0n) is 61.2. The van der Waals surface area contributed by atoms with Gasteiger partial charge in [0, 0.05) is 37.7 Å². The first-order valence-corrected chi connectivity index (χ1v) is 38.6. The van der Waals surface area contributed by atoms with Crippen molar-refractivity contribution in [3.8, 4) is 0 Å². The first-order valence-electron chi connectivity index (χ1n) is 38.6. The predicted molar refractivity (Wildman–Crippen MR) is 394 cm³/mol. The number of fused-ring (bicyclic) bond motifs is 3. The van der Waals surface area contributed by atoms with Crippen LogP contribution in [0.3, 0.4) is 0 Å². The fraction of sp³-hybridized carbons (Fsp3) is 0.750. The quantitative estimate of drug-likeness (QED) is 0.0244. The topological polar surface area (TPSA) is 178 Å². The summed E-state index contributed by atoms with van der Waals surface area (Å²) < 4.78 is 30.6. The predicted octanol–water partition coefficient (Wildman–Crippen LogP) is 20.0. The van der Waals surface area contributed by atoms with Crippen molar-refractivity contribution < 1.29 is 42.9 Å². The van der Waals surface area contributed by atoms with E-state index in [0.29, 0.717) is 76.6 Å². The Morgan fingerprint density at radius 3 is 1.24 bits per heavy atom. The third-order valence-electron chi connectivity index (χ3n) is 17.9. The minimum Gasteiger partial charge on any atom is -0.461 e. The van der Waals surface area contributed by atoms with Gasteiger partial charge in [0.1, 0.15) is 43.4 Å². The van der Waals surface area contributed by atoms with Crippen LogP contribution in [0.5, 0.6) is 0 Å². The highest BCUT2D eigenvalue weighted by atomic mass is 16.6. The number of unbranched alkanes of at least 4 members (excludes halogenated alkanes) is 29. The van der Waals surface area contributed by atoms with Crippen LogP contribution in [0.25, 0.3) is 21.9 Å². The summed E-state index contributed by atoms with van der Waals surface area (Å²) in [5, 5.41) is 0.940. The van der Waals surface area contributed by atoms with E-state index in [1.165, 1.54) is 122 Å². The summed E-state index contributed by atoms with van der Waals surface area (Å²) in [6.07, 6.45) is 56.0. The summed E-state index contributed by atoms with van der Waals surface area (Å²) in [5.41, 5.74) is 7.93. The van der Waals surface area contributed by atoms with Crippen LogP contribution in [0.15, 0.2) is 60.7 Å². The van der Waals surface area contributed by atoms with Gasteiger partial charge in [-0.05, 0) is 162 Å². The molecular weight excluding hydrogens is 1190 g/mol. The highest BCUT2D eigenvalue weighted by Gasteiger charge is 2.28. The third-order valence-corrected chi connectivity index (χ3v) is 17.9. The minimum absolute atomic E-state index is 0.0849. The van der Waals surface area contributed by atoms with E-state index in [0.717, 1.165) is 177 Å². The summed E-state index contributed by atoms with van der Waals surface area (Å²) in [7, 11) is 0. The van der Waals surface area contributed by atoms with Crippen molar-refractivity contribution in [2.75, 3.05) is 71.4 Å². The number of aromatic nitrogens is 3. The van der Waals surface area contributed by atoms with Crippen molar-refractivity contribution in [1.82, 2.24) is 24.3 Å². The lowest BCUT2D eigenvalue weighted by Gasteiger charge is -2.27. The highest BCUT2D eigenvalue weighted by molar-refractivity contribution is 6.06. The summed E-state index contributed by atoms with van der Waals surface area (Å²) >= 11 is 0. The number of hydrogen-bond acceptors (Lipinski definition) is 14. The average molecular weight is 1330 g/mol. The van der Waals surface area contributed by atoms with Gasteiger partial charge in [0.2, 0.25) is 0 Å². The molecule has 0 fully saturated rings.